The molecule has 1 saturated heterocycles. The lowest BCUT2D eigenvalue weighted by Crippen LogP contribution is -2.30. The van der Waals surface area contributed by atoms with Gasteiger partial charge < -0.3 is 9.47 Å². The fourth-order valence-electron chi connectivity index (χ4n) is 4.78. The number of carbonyl (C=O) groups excluding carboxylic acids is 1. The largest absolute Gasteiger partial charge is 0.371 e. The average Bonchev–Trinajstić information content (AvgIpc) is 2.91. The zero-order valence-electron chi connectivity index (χ0n) is 19.6. The van der Waals surface area contributed by atoms with Gasteiger partial charge in [0.25, 0.3) is 11.6 Å². The van der Waals surface area contributed by atoms with E-state index in [4.69, 9.17) is 0 Å². The van der Waals surface area contributed by atoms with Crippen molar-refractivity contribution in [2.75, 3.05) is 18.0 Å². The fourth-order valence-corrected chi connectivity index (χ4v) is 4.78. The average molecular weight is 484 g/mol. The summed E-state index contributed by atoms with van der Waals surface area (Å²) in [6.07, 6.45) is 4.74. The fraction of sp³-hybridized carbons (Fsp3) is 0.222. The van der Waals surface area contributed by atoms with Gasteiger partial charge in [0.2, 0.25) is 0 Å². The summed E-state index contributed by atoms with van der Waals surface area (Å²) in [4.78, 5) is 38.9. The van der Waals surface area contributed by atoms with Crippen molar-refractivity contribution in [1.29, 1.82) is 0 Å². The van der Waals surface area contributed by atoms with E-state index >= 15 is 0 Å². The molecule has 1 amide bonds. The maximum atomic E-state index is 12.9. The number of anilines is 1. The molecule has 0 aliphatic carbocycles. The number of nitrogens with zero attached hydrogens (tertiary/aromatic N) is 4. The third-order valence-corrected chi connectivity index (χ3v) is 6.49. The van der Waals surface area contributed by atoms with Crippen LogP contribution in [0.2, 0.25) is 0 Å². The molecule has 4 aromatic rings. The van der Waals surface area contributed by atoms with E-state index in [9.17, 15) is 19.7 Å². The minimum absolute atomic E-state index is 0.0327. The molecule has 1 aliphatic heterocycles. The van der Waals surface area contributed by atoms with Crippen molar-refractivity contribution in [2.24, 2.45) is 5.10 Å². The Labute approximate surface area is 206 Å². The van der Waals surface area contributed by atoms with Crippen molar-refractivity contribution in [3.63, 3.8) is 0 Å². The predicted octanol–water partition coefficient (Wildman–Crippen LogP) is 4.20. The van der Waals surface area contributed by atoms with Crippen LogP contribution in [0.25, 0.3) is 21.8 Å². The number of hydrazone groups is 1. The van der Waals surface area contributed by atoms with Crippen LogP contribution in [0, 0.1) is 10.1 Å². The molecule has 0 spiro atoms. The predicted molar refractivity (Wildman–Crippen MR) is 141 cm³/mol. The number of hydrogen-bond donors (Lipinski definition) is 1. The van der Waals surface area contributed by atoms with Crippen molar-refractivity contribution in [2.45, 2.75) is 25.8 Å². The van der Waals surface area contributed by atoms with Crippen LogP contribution in [0.5, 0.6) is 0 Å². The number of hydrogen-bond acceptors (Lipinski definition) is 6. The third-order valence-electron chi connectivity index (χ3n) is 6.49. The van der Waals surface area contributed by atoms with E-state index in [2.05, 4.69) is 15.4 Å². The van der Waals surface area contributed by atoms with Crippen molar-refractivity contribution in [3.05, 3.63) is 92.6 Å². The zero-order chi connectivity index (χ0) is 25.1. The number of para-hydroxylation sites is 2. The van der Waals surface area contributed by atoms with E-state index in [-0.39, 0.29) is 23.6 Å². The number of nitro groups is 1. The molecule has 9 nitrogen and oxygen atoms in total. The molecular weight excluding hydrogens is 458 g/mol. The third kappa shape index (κ3) is 4.55. The van der Waals surface area contributed by atoms with Gasteiger partial charge in [-0.05, 0) is 49.6 Å². The monoisotopic (exact) mass is 483 g/mol. The van der Waals surface area contributed by atoms with E-state index in [0.29, 0.717) is 27.4 Å². The molecule has 2 heterocycles. The normalized spacial score (nSPS) is 13.9. The smallest absolute Gasteiger partial charge is 0.270 e. The van der Waals surface area contributed by atoms with Gasteiger partial charge in [-0.25, -0.2) is 5.43 Å². The first kappa shape index (κ1) is 23.2. The SMILES string of the molecule is O=C(Cn1c2ccccc2c(=O)c2ccccc21)N/N=C/c1cc([N+](=O)[O-])ccc1N1CCCCC1. The van der Waals surface area contributed by atoms with Crippen LogP contribution in [0.3, 0.4) is 0 Å². The molecule has 0 bridgehead atoms. The number of amides is 1. The van der Waals surface area contributed by atoms with E-state index in [1.54, 1.807) is 34.9 Å². The maximum absolute atomic E-state index is 12.9. The van der Waals surface area contributed by atoms with Crippen LogP contribution in [0.15, 0.2) is 76.6 Å². The second-order valence-corrected chi connectivity index (χ2v) is 8.79. The summed E-state index contributed by atoms with van der Waals surface area (Å²) in [7, 11) is 0. The Morgan fingerprint density at radius 3 is 2.25 bits per heavy atom. The van der Waals surface area contributed by atoms with E-state index < -0.39 is 4.92 Å². The van der Waals surface area contributed by atoms with Crippen LogP contribution in [-0.4, -0.2) is 34.7 Å². The summed E-state index contributed by atoms with van der Waals surface area (Å²) in [5.41, 5.74) is 5.19. The highest BCUT2D eigenvalue weighted by atomic mass is 16.6. The van der Waals surface area contributed by atoms with Gasteiger partial charge >= 0.3 is 0 Å². The van der Waals surface area contributed by atoms with Gasteiger partial charge in [0.1, 0.15) is 6.54 Å². The van der Waals surface area contributed by atoms with Gasteiger partial charge in [0.15, 0.2) is 5.43 Å². The minimum Gasteiger partial charge on any atom is -0.371 e. The van der Waals surface area contributed by atoms with Crippen molar-refractivity contribution in [1.82, 2.24) is 9.99 Å². The quantitative estimate of drug-likeness (QED) is 0.191. The van der Waals surface area contributed by atoms with Crippen molar-refractivity contribution >= 4 is 45.3 Å². The number of nitrogens with one attached hydrogen (secondary N) is 1. The number of benzene rings is 3. The number of fused-ring (bicyclic) bond motifs is 2. The summed E-state index contributed by atoms with van der Waals surface area (Å²) in [5.74, 6) is -0.379. The second kappa shape index (κ2) is 9.99. The summed E-state index contributed by atoms with van der Waals surface area (Å²) in [6.45, 7) is 1.70. The lowest BCUT2D eigenvalue weighted by atomic mass is 10.1. The Kier molecular flexibility index (Phi) is 6.44. The molecule has 1 aromatic heterocycles. The van der Waals surface area contributed by atoms with Gasteiger partial charge in [-0.15, -0.1) is 0 Å². The molecule has 0 atom stereocenters. The van der Waals surface area contributed by atoms with Gasteiger partial charge in [-0.2, -0.15) is 5.10 Å². The van der Waals surface area contributed by atoms with Crippen LogP contribution in [0.1, 0.15) is 24.8 Å². The molecule has 0 radical (unpaired) electrons. The standard InChI is InChI=1S/C27H25N5O4/c33-26(18-31-24-10-4-2-8-21(24)27(34)22-9-3-5-11-25(22)31)29-28-17-19-16-20(32(35)36)12-13-23(19)30-14-6-1-7-15-30/h2-5,8-13,16-17H,1,6-7,14-15,18H2,(H,29,33)/b28-17+. The van der Waals surface area contributed by atoms with Gasteiger partial charge in [0, 0.05) is 47.2 Å². The number of nitro benzene ring substituents is 1. The Morgan fingerprint density at radius 2 is 1.61 bits per heavy atom. The molecule has 5 rings (SSSR count). The molecule has 1 aliphatic rings. The Morgan fingerprint density at radius 1 is 0.972 bits per heavy atom. The molecule has 36 heavy (non-hydrogen) atoms. The molecule has 0 unspecified atom stereocenters. The summed E-state index contributed by atoms with van der Waals surface area (Å²) < 4.78 is 1.80. The number of piperidine rings is 1. The van der Waals surface area contributed by atoms with E-state index in [1.165, 1.54) is 18.3 Å². The Balaban J connectivity index is 1.42. The number of non-ortho nitro benzene ring substituents is 1. The number of carbonyl (C=O) groups is 1. The number of pyridine rings is 1. The maximum Gasteiger partial charge on any atom is 0.270 e. The second-order valence-electron chi connectivity index (χ2n) is 8.79. The molecule has 1 fully saturated rings. The van der Waals surface area contributed by atoms with Crippen LogP contribution in [0.4, 0.5) is 11.4 Å². The molecule has 182 valence electrons. The topological polar surface area (TPSA) is 110 Å². The number of aromatic nitrogens is 1. The highest BCUT2D eigenvalue weighted by molar-refractivity contribution is 5.95. The first-order valence-corrected chi connectivity index (χ1v) is 11.9. The lowest BCUT2D eigenvalue weighted by molar-refractivity contribution is -0.384. The Bertz CT molecular complexity index is 1490. The molecule has 3 aromatic carbocycles. The lowest BCUT2D eigenvalue weighted by Gasteiger charge is -2.29. The molecule has 9 heteroatoms. The number of rotatable bonds is 6. The van der Waals surface area contributed by atoms with Gasteiger partial charge in [-0.1, -0.05) is 24.3 Å². The van der Waals surface area contributed by atoms with Crippen LogP contribution in [-0.2, 0) is 11.3 Å². The molecular formula is C27H25N5O4. The first-order chi connectivity index (χ1) is 17.5. The van der Waals surface area contributed by atoms with E-state index in [0.717, 1.165) is 38.0 Å². The minimum atomic E-state index is -0.442. The van der Waals surface area contributed by atoms with Crippen LogP contribution < -0.4 is 15.8 Å². The Hall–Kier alpha value is -4.53. The van der Waals surface area contributed by atoms with E-state index in [1.807, 2.05) is 24.3 Å². The molecule has 1 N–H and O–H groups in total. The summed E-state index contributed by atoms with van der Waals surface area (Å²) >= 11 is 0. The summed E-state index contributed by atoms with van der Waals surface area (Å²) in [6, 6.07) is 19.1. The first-order valence-electron chi connectivity index (χ1n) is 11.9. The van der Waals surface area contributed by atoms with Crippen LogP contribution >= 0.6 is 0 Å². The summed E-state index contributed by atoms with van der Waals surface area (Å²) in [5, 5.41) is 16.5. The highest BCUT2D eigenvalue weighted by Crippen LogP contribution is 2.27. The van der Waals surface area contributed by atoms with Crippen molar-refractivity contribution in [3.8, 4) is 0 Å². The zero-order valence-corrected chi connectivity index (χ0v) is 19.6. The van der Waals surface area contributed by atoms with Gasteiger partial charge in [-0.3, -0.25) is 19.7 Å². The van der Waals surface area contributed by atoms with Gasteiger partial charge in [0.05, 0.1) is 22.2 Å². The highest BCUT2D eigenvalue weighted by Gasteiger charge is 2.17. The van der Waals surface area contributed by atoms with Crippen molar-refractivity contribution < 1.29 is 9.72 Å². The molecule has 0 saturated carbocycles.